The molecule has 1 fully saturated rings. The topological polar surface area (TPSA) is 72.9 Å². The lowest BCUT2D eigenvalue weighted by molar-refractivity contribution is -0.174. The Morgan fingerprint density at radius 2 is 1.87 bits per heavy atom. The summed E-state index contributed by atoms with van der Waals surface area (Å²) in [4.78, 5) is 38.5. The van der Waals surface area contributed by atoms with Gasteiger partial charge in [-0.25, -0.2) is 4.79 Å². The Bertz CT molecular complexity index is 705. The van der Waals surface area contributed by atoms with Crippen molar-refractivity contribution in [3.05, 3.63) is 12.7 Å². The van der Waals surface area contributed by atoms with E-state index in [0.717, 1.165) is 4.90 Å². The van der Waals surface area contributed by atoms with Gasteiger partial charge in [-0.05, 0) is 25.1 Å². The zero-order chi connectivity index (χ0) is 23.4. The van der Waals surface area contributed by atoms with Crippen LogP contribution < -0.4 is 0 Å². The molecule has 0 unspecified atom stereocenters. The molecule has 30 heavy (non-hydrogen) atoms. The number of β-lactam (4-membered cyclic amide) rings is 1. The monoisotopic (exact) mass is 491 g/mol. The van der Waals surface area contributed by atoms with E-state index in [9.17, 15) is 14.4 Å². The molecule has 1 heterocycles. The van der Waals surface area contributed by atoms with Gasteiger partial charge in [-0.2, -0.15) is 0 Å². The van der Waals surface area contributed by atoms with E-state index in [1.165, 1.54) is 29.6 Å². The molecule has 1 aliphatic heterocycles. The van der Waals surface area contributed by atoms with E-state index in [1.807, 2.05) is 20.8 Å². The van der Waals surface area contributed by atoms with Crippen molar-refractivity contribution in [2.45, 2.75) is 76.4 Å². The van der Waals surface area contributed by atoms with Gasteiger partial charge in [0.25, 0.3) is 0 Å². The molecule has 0 N–H and O–H groups in total. The Labute approximate surface area is 195 Å². The molecule has 3 atom stereocenters. The van der Waals surface area contributed by atoms with Crippen LogP contribution in [0.3, 0.4) is 0 Å². The lowest BCUT2D eigenvalue weighted by Crippen LogP contribution is -2.67. The third-order valence-corrected chi connectivity index (χ3v) is 12.5. The summed E-state index contributed by atoms with van der Waals surface area (Å²) >= 11 is 8.18. The van der Waals surface area contributed by atoms with Crippen LogP contribution in [0.5, 0.6) is 0 Å². The second kappa shape index (κ2) is 10.8. The Kier molecular flexibility index (Phi) is 9.81. The highest BCUT2D eigenvalue weighted by Crippen LogP contribution is 2.44. The smallest absolute Gasteiger partial charge is 0.397 e. The second-order valence-corrected chi connectivity index (χ2v) is 17.6. The Morgan fingerprint density at radius 1 is 1.30 bits per heavy atom. The molecule has 10 heteroatoms. The lowest BCUT2D eigenvalue weighted by Gasteiger charge is -2.49. The van der Waals surface area contributed by atoms with Gasteiger partial charge >= 0.3 is 11.9 Å². The molecule has 1 aliphatic rings. The SMILES string of the molecule is C=CCOC(=O)C(=O)N1C(=O)[C@H]([C@@H](C)O[Si](C)(C)C(C)(C)C)[C@H]1SC(=S)SC(C)C. The number of hydrogen-bond donors (Lipinski definition) is 0. The lowest BCUT2D eigenvalue weighted by atomic mass is 9.92. The molecule has 0 aromatic rings. The number of ether oxygens (including phenoxy) is 1. The number of amides is 2. The van der Waals surface area contributed by atoms with Crippen molar-refractivity contribution in [2.24, 2.45) is 5.92 Å². The Hall–Kier alpha value is -0.683. The number of thiocarbonyl (C=S) groups is 1. The van der Waals surface area contributed by atoms with Gasteiger partial charge in [-0.3, -0.25) is 14.5 Å². The highest BCUT2D eigenvalue weighted by Gasteiger charge is 2.57. The quantitative estimate of drug-likeness (QED) is 0.128. The third-order valence-electron chi connectivity index (χ3n) is 5.15. The molecule has 0 spiro atoms. The maximum atomic E-state index is 12.9. The number of likely N-dealkylation sites (tertiary alicyclic amines) is 1. The summed E-state index contributed by atoms with van der Waals surface area (Å²) in [5.41, 5.74) is 0. The summed E-state index contributed by atoms with van der Waals surface area (Å²) in [5.74, 6) is -3.05. The number of nitrogens with zero attached hydrogens (tertiary/aromatic N) is 1. The molecule has 0 bridgehead atoms. The number of rotatable bonds is 7. The van der Waals surface area contributed by atoms with E-state index in [-0.39, 0.29) is 16.9 Å². The number of hydrogen-bond acceptors (Lipinski definition) is 8. The van der Waals surface area contributed by atoms with E-state index in [4.69, 9.17) is 21.4 Å². The third kappa shape index (κ3) is 6.66. The van der Waals surface area contributed by atoms with Gasteiger partial charge in [0.2, 0.25) is 5.91 Å². The van der Waals surface area contributed by atoms with Gasteiger partial charge in [0.1, 0.15) is 15.5 Å². The van der Waals surface area contributed by atoms with Crippen LogP contribution in [0.1, 0.15) is 41.5 Å². The number of imide groups is 1. The predicted molar refractivity (Wildman–Crippen MR) is 131 cm³/mol. The molecule has 1 saturated heterocycles. The van der Waals surface area contributed by atoms with Gasteiger partial charge in [0.15, 0.2) is 8.32 Å². The van der Waals surface area contributed by atoms with E-state index < -0.39 is 43.5 Å². The van der Waals surface area contributed by atoms with Gasteiger partial charge in [-0.1, -0.05) is 71.3 Å². The van der Waals surface area contributed by atoms with Gasteiger partial charge < -0.3 is 9.16 Å². The maximum absolute atomic E-state index is 12.9. The fraction of sp³-hybridized carbons (Fsp3) is 0.700. The van der Waals surface area contributed by atoms with E-state index in [1.54, 1.807) is 0 Å². The van der Waals surface area contributed by atoms with Gasteiger partial charge in [0.05, 0.1) is 12.0 Å². The average molecular weight is 492 g/mol. The Morgan fingerprint density at radius 3 is 2.33 bits per heavy atom. The number of carbonyl (C=O) groups excluding carboxylic acids is 3. The number of carbonyl (C=O) groups is 3. The van der Waals surface area contributed by atoms with Crippen LogP contribution in [-0.2, 0) is 23.5 Å². The number of esters is 1. The van der Waals surface area contributed by atoms with Crippen LogP contribution in [0.25, 0.3) is 0 Å². The normalized spacial score (nSPS) is 20.6. The molecule has 6 nitrogen and oxygen atoms in total. The zero-order valence-electron chi connectivity index (χ0n) is 19.0. The summed E-state index contributed by atoms with van der Waals surface area (Å²) < 4.78 is 11.9. The fourth-order valence-corrected chi connectivity index (χ4v) is 7.36. The summed E-state index contributed by atoms with van der Waals surface area (Å²) in [6.45, 7) is 19.8. The highest BCUT2D eigenvalue weighted by molar-refractivity contribution is 8.47. The van der Waals surface area contributed by atoms with Crippen LogP contribution in [-0.4, -0.2) is 57.9 Å². The summed E-state index contributed by atoms with van der Waals surface area (Å²) in [6.07, 6.45) is 0.956. The second-order valence-electron chi connectivity index (χ2n) is 8.93. The van der Waals surface area contributed by atoms with E-state index in [2.05, 4.69) is 40.4 Å². The fourth-order valence-electron chi connectivity index (χ4n) is 2.59. The predicted octanol–water partition coefficient (Wildman–Crippen LogP) is 4.60. The molecular weight excluding hydrogens is 459 g/mol. The van der Waals surface area contributed by atoms with Crippen molar-refractivity contribution in [3.63, 3.8) is 0 Å². The summed E-state index contributed by atoms with van der Waals surface area (Å²) in [5, 5.41) is -0.356. The van der Waals surface area contributed by atoms with Gasteiger partial charge in [0, 0.05) is 5.25 Å². The van der Waals surface area contributed by atoms with Gasteiger partial charge in [-0.15, -0.1) is 11.8 Å². The minimum absolute atomic E-state index is 0.0243. The van der Waals surface area contributed by atoms with Crippen LogP contribution in [0, 0.1) is 5.92 Å². The first kappa shape index (κ1) is 27.4. The van der Waals surface area contributed by atoms with Crippen molar-refractivity contribution in [1.82, 2.24) is 4.90 Å². The first-order valence-corrected chi connectivity index (χ1v) is 14.9. The summed E-state index contributed by atoms with van der Waals surface area (Å²) in [6, 6.07) is 0. The maximum Gasteiger partial charge on any atom is 0.397 e. The molecule has 170 valence electrons. The van der Waals surface area contributed by atoms with Crippen LogP contribution >= 0.6 is 35.7 Å². The standard InChI is InChI=1S/C20H33NO5S3Si/c1-10-11-25-18(24)16(23)21-15(22)14(17(21)29-19(27)28-12(2)3)13(4)26-30(8,9)20(5,6)7/h10,12-14,17H,1,11H2,2-9H3/t13-,14+,17-/m1/s1. The molecule has 0 aromatic carbocycles. The van der Waals surface area contributed by atoms with Crippen molar-refractivity contribution >= 4 is 65.4 Å². The highest BCUT2D eigenvalue weighted by atomic mass is 32.2. The van der Waals surface area contributed by atoms with Crippen LogP contribution in [0.15, 0.2) is 12.7 Å². The van der Waals surface area contributed by atoms with Crippen LogP contribution in [0.4, 0.5) is 0 Å². The molecule has 0 aliphatic carbocycles. The first-order valence-electron chi connectivity index (χ1n) is 9.84. The zero-order valence-corrected chi connectivity index (χ0v) is 22.5. The number of thioether (sulfide) groups is 2. The van der Waals surface area contributed by atoms with E-state index >= 15 is 0 Å². The average Bonchev–Trinajstić information content (AvgIpc) is 2.56. The largest absolute Gasteiger partial charge is 0.454 e. The molecule has 0 radical (unpaired) electrons. The molecule has 0 aromatic heterocycles. The van der Waals surface area contributed by atoms with Crippen molar-refractivity contribution in [1.29, 1.82) is 0 Å². The molecular formula is C20H33NO5S3Si. The van der Waals surface area contributed by atoms with E-state index in [0.29, 0.717) is 3.53 Å². The van der Waals surface area contributed by atoms with Crippen molar-refractivity contribution in [3.8, 4) is 0 Å². The minimum atomic E-state index is -2.13. The minimum Gasteiger partial charge on any atom is -0.454 e. The van der Waals surface area contributed by atoms with Crippen molar-refractivity contribution < 1.29 is 23.5 Å². The van der Waals surface area contributed by atoms with Crippen molar-refractivity contribution in [2.75, 3.05) is 6.61 Å². The first-order chi connectivity index (χ1) is 13.6. The van der Waals surface area contributed by atoms with Crippen LogP contribution in [0.2, 0.25) is 18.1 Å². The molecule has 0 saturated carbocycles. The Balaban J connectivity index is 3.08. The summed E-state index contributed by atoms with van der Waals surface area (Å²) in [7, 11) is -2.13. The molecule has 2 amide bonds. The molecule has 1 rings (SSSR count).